The average Bonchev–Trinajstić information content (AvgIpc) is 3.44. The number of halogens is 4. The summed E-state index contributed by atoms with van der Waals surface area (Å²) in [4.78, 5) is 21.6. The van der Waals surface area contributed by atoms with Gasteiger partial charge in [-0.25, -0.2) is 13.9 Å². The van der Waals surface area contributed by atoms with Crippen LogP contribution in [0.4, 0.5) is 17.6 Å². The maximum Gasteiger partial charge on any atom is 0.505 e. The molecule has 0 fully saturated rings. The number of carbonyl (C=O) groups is 1. The van der Waals surface area contributed by atoms with Crippen LogP contribution in [0.2, 0.25) is 0 Å². The molecule has 0 aromatic carbocycles. The van der Waals surface area contributed by atoms with E-state index >= 15 is 0 Å². The molecule has 1 atom stereocenters. The van der Waals surface area contributed by atoms with Crippen molar-refractivity contribution in [3.05, 3.63) is 71.6 Å². The number of pyridine rings is 1. The maximum atomic E-state index is 14.2. The monoisotopic (exact) mass is 419 g/mol. The number of nitrogens with one attached hydrogen (secondary N) is 1. The first-order chi connectivity index (χ1) is 14.3. The van der Waals surface area contributed by atoms with Crippen molar-refractivity contribution in [2.45, 2.75) is 18.8 Å². The molecule has 0 saturated carbocycles. The molecule has 30 heavy (non-hydrogen) atoms. The first-order valence-electron chi connectivity index (χ1n) is 8.92. The van der Waals surface area contributed by atoms with Crippen LogP contribution in [0.5, 0.6) is 0 Å². The Kier molecular flexibility index (Phi) is 3.91. The fourth-order valence-electron chi connectivity index (χ4n) is 3.74. The maximum absolute atomic E-state index is 14.2. The molecule has 8 nitrogen and oxygen atoms in total. The number of aromatic nitrogens is 6. The fourth-order valence-corrected chi connectivity index (χ4v) is 3.74. The zero-order valence-corrected chi connectivity index (χ0v) is 15.1. The van der Waals surface area contributed by atoms with E-state index in [0.29, 0.717) is 17.8 Å². The molecule has 1 amide bonds. The number of alkyl halides is 3. The quantitative estimate of drug-likeness (QED) is 0.507. The summed E-state index contributed by atoms with van der Waals surface area (Å²) < 4.78 is 55.0. The second-order valence-corrected chi connectivity index (χ2v) is 6.77. The molecule has 0 bridgehead atoms. The molecule has 0 saturated heterocycles. The molecule has 5 rings (SSSR count). The van der Waals surface area contributed by atoms with Crippen molar-refractivity contribution in [2.24, 2.45) is 0 Å². The molecular formula is C18H13F4N7O. The normalized spacial score (nSPS) is 16.8. The lowest BCUT2D eigenvalue weighted by Gasteiger charge is -2.34. The number of aromatic amines is 1. The van der Waals surface area contributed by atoms with Crippen LogP contribution in [0.25, 0.3) is 5.52 Å². The van der Waals surface area contributed by atoms with Gasteiger partial charge in [-0.15, -0.1) is 13.2 Å². The summed E-state index contributed by atoms with van der Waals surface area (Å²) in [5.74, 6) is -1.39. The summed E-state index contributed by atoms with van der Waals surface area (Å²) in [7, 11) is 0. The lowest BCUT2D eigenvalue weighted by Crippen LogP contribution is -2.42. The Morgan fingerprint density at radius 1 is 1.27 bits per heavy atom. The minimum atomic E-state index is -4.84. The largest absolute Gasteiger partial charge is 0.505 e. The summed E-state index contributed by atoms with van der Waals surface area (Å²) in [5.41, 5.74) is 1.05. The molecule has 5 heterocycles. The van der Waals surface area contributed by atoms with Gasteiger partial charge in [0.05, 0.1) is 23.9 Å². The highest BCUT2D eigenvalue weighted by Crippen LogP contribution is 2.35. The molecule has 1 aliphatic rings. The van der Waals surface area contributed by atoms with Gasteiger partial charge in [0.25, 0.3) is 5.91 Å². The lowest BCUT2D eigenvalue weighted by molar-refractivity contribution is -0.213. The minimum Gasteiger partial charge on any atom is -0.348 e. The highest BCUT2D eigenvalue weighted by molar-refractivity contribution is 5.93. The van der Waals surface area contributed by atoms with Gasteiger partial charge < -0.3 is 9.88 Å². The Morgan fingerprint density at radius 3 is 2.87 bits per heavy atom. The molecule has 154 valence electrons. The van der Waals surface area contributed by atoms with Gasteiger partial charge in [0.2, 0.25) is 0 Å². The van der Waals surface area contributed by atoms with Crippen LogP contribution in [0.3, 0.4) is 0 Å². The number of fused-ring (bicyclic) bond motifs is 2. The van der Waals surface area contributed by atoms with E-state index in [0.717, 1.165) is 18.0 Å². The molecule has 4 aromatic rings. The Hall–Kier alpha value is -3.70. The second-order valence-electron chi connectivity index (χ2n) is 6.77. The van der Waals surface area contributed by atoms with Crippen LogP contribution < -0.4 is 0 Å². The van der Waals surface area contributed by atoms with Crippen molar-refractivity contribution in [3.8, 4) is 0 Å². The van der Waals surface area contributed by atoms with E-state index in [4.69, 9.17) is 0 Å². The van der Waals surface area contributed by atoms with Gasteiger partial charge in [-0.3, -0.25) is 4.79 Å². The SMILES string of the molecule is O=C(c1ccnn1C(F)(F)F)N1CCc2[nH]cnc2[C@H]1c1cc2c(F)cccn2n1. The van der Waals surface area contributed by atoms with Crippen molar-refractivity contribution in [1.82, 2.24) is 34.3 Å². The average molecular weight is 419 g/mol. The van der Waals surface area contributed by atoms with Crippen molar-refractivity contribution in [1.29, 1.82) is 0 Å². The van der Waals surface area contributed by atoms with Crippen LogP contribution in [-0.4, -0.2) is 46.7 Å². The Balaban J connectivity index is 1.63. The summed E-state index contributed by atoms with van der Waals surface area (Å²) >= 11 is 0. The standard InChI is InChI=1S/C18H13F4N7O/c19-10-2-1-6-28-14(10)8-12(26-28)16-15-11(23-9-24-15)4-7-27(16)17(30)13-3-5-25-29(13)18(20,21)22/h1-3,5-6,8-9,16H,4,7H2,(H,23,24)/t16-/m1/s1. The molecule has 12 heteroatoms. The van der Waals surface area contributed by atoms with E-state index in [-0.39, 0.29) is 16.7 Å². The minimum absolute atomic E-state index is 0.123. The van der Waals surface area contributed by atoms with Crippen LogP contribution in [0, 0.1) is 5.82 Å². The number of H-pyrrole nitrogens is 1. The summed E-state index contributed by atoms with van der Waals surface area (Å²) in [6.07, 6.45) is -0.564. The van der Waals surface area contributed by atoms with Gasteiger partial charge in [-0.05, 0) is 24.3 Å². The topological polar surface area (TPSA) is 84.1 Å². The zero-order chi connectivity index (χ0) is 21.0. The van der Waals surface area contributed by atoms with E-state index in [1.54, 1.807) is 6.20 Å². The Bertz CT molecular complexity index is 1250. The van der Waals surface area contributed by atoms with Gasteiger partial charge in [-0.1, -0.05) is 0 Å². The molecule has 1 aliphatic heterocycles. The first-order valence-corrected chi connectivity index (χ1v) is 8.92. The molecule has 0 unspecified atom stereocenters. The molecule has 1 N–H and O–H groups in total. The highest BCUT2D eigenvalue weighted by atomic mass is 19.4. The van der Waals surface area contributed by atoms with E-state index in [2.05, 4.69) is 20.2 Å². The van der Waals surface area contributed by atoms with E-state index in [1.165, 1.54) is 33.9 Å². The predicted octanol–water partition coefficient (Wildman–Crippen LogP) is 2.66. The van der Waals surface area contributed by atoms with Crippen molar-refractivity contribution in [2.75, 3.05) is 6.54 Å². The second kappa shape index (κ2) is 6.40. The molecule has 0 spiro atoms. The number of nitrogens with zero attached hydrogens (tertiary/aromatic N) is 6. The van der Waals surface area contributed by atoms with Gasteiger partial charge in [-0.2, -0.15) is 14.9 Å². The zero-order valence-electron chi connectivity index (χ0n) is 15.1. The summed E-state index contributed by atoms with van der Waals surface area (Å²) in [6.45, 7) is 0.123. The van der Waals surface area contributed by atoms with Crippen LogP contribution in [0.1, 0.15) is 33.6 Å². The van der Waals surface area contributed by atoms with E-state index in [1.807, 2.05) is 0 Å². The molecule has 4 aromatic heterocycles. The number of amides is 1. The van der Waals surface area contributed by atoms with Crippen LogP contribution >= 0.6 is 0 Å². The molecular weight excluding hydrogens is 406 g/mol. The number of imidazole rings is 1. The third-order valence-electron chi connectivity index (χ3n) is 5.04. The fraction of sp³-hybridized carbons (Fsp3) is 0.222. The van der Waals surface area contributed by atoms with Gasteiger partial charge >= 0.3 is 6.30 Å². The third kappa shape index (κ3) is 2.75. The number of hydrogen-bond donors (Lipinski definition) is 1. The van der Waals surface area contributed by atoms with Gasteiger partial charge in [0.15, 0.2) is 0 Å². The Morgan fingerprint density at radius 2 is 2.10 bits per heavy atom. The Labute approximate surface area is 165 Å². The van der Waals surface area contributed by atoms with Gasteiger partial charge in [0, 0.05) is 24.9 Å². The highest BCUT2D eigenvalue weighted by Gasteiger charge is 2.41. The van der Waals surface area contributed by atoms with Crippen molar-refractivity contribution in [3.63, 3.8) is 0 Å². The van der Waals surface area contributed by atoms with Crippen LogP contribution in [0.15, 0.2) is 43.0 Å². The summed E-state index contributed by atoms with van der Waals surface area (Å²) in [6, 6.07) is 4.34. The smallest absolute Gasteiger partial charge is 0.348 e. The lowest BCUT2D eigenvalue weighted by atomic mass is 9.99. The van der Waals surface area contributed by atoms with E-state index < -0.39 is 29.8 Å². The first kappa shape index (κ1) is 18.3. The van der Waals surface area contributed by atoms with Crippen molar-refractivity contribution >= 4 is 11.4 Å². The van der Waals surface area contributed by atoms with E-state index in [9.17, 15) is 22.4 Å². The third-order valence-corrected chi connectivity index (χ3v) is 5.04. The van der Waals surface area contributed by atoms with Gasteiger partial charge in [0.1, 0.15) is 23.1 Å². The summed E-state index contributed by atoms with van der Waals surface area (Å²) in [5, 5.41) is 7.58. The van der Waals surface area contributed by atoms with Crippen LogP contribution in [-0.2, 0) is 12.7 Å². The molecule has 0 radical (unpaired) electrons. The number of hydrogen-bond acceptors (Lipinski definition) is 4. The number of carbonyl (C=O) groups excluding carboxylic acids is 1. The van der Waals surface area contributed by atoms with Crippen molar-refractivity contribution < 1.29 is 22.4 Å². The predicted molar refractivity (Wildman–Crippen MR) is 93.8 cm³/mol. The number of rotatable bonds is 2. The molecule has 0 aliphatic carbocycles.